The molecule has 0 radical (unpaired) electrons. The molecule has 15 heavy (non-hydrogen) atoms. The van der Waals surface area contributed by atoms with Crippen LogP contribution in [0.15, 0.2) is 0 Å². The van der Waals surface area contributed by atoms with Gasteiger partial charge in [0, 0.05) is 31.7 Å². The van der Waals surface area contributed by atoms with Gasteiger partial charge in [-0.2, -0.15) is 0 Å². The number of hydrogen-bond acceptors (Lipinski definition) is 2. The third kappa shape index (κ3) is 3.18. The Morgan fingerprint density at radius 1 is 1.27 bits per heavy atom. The molecule has 0 spiro atoms. The van der Waals surface area contributed by atoms with Crippen molar-refractivity contribution in [3.8, 4) is 0 Å². The predicted octanol–water partition coefficient (Wildman–Crippen LogP) is 2.10. The average molecular weight is 210 g/mol. The summed E-state index contributed by atoms with van der Waals surface area (Å²) in [5, 5.41) is 3.68. The van der Waals surface area contributed by atoms with Crippen LogP contribution in [0.25, 0.3) is 0 Å². The van der Waals surface area contributed by atoms with Crippen LogP contribution >= 0.6 is 0 Å². The van der Waals surface area contributed by atoms with Crippen LogP contribution in [0.3, 0.4) is 0 Å². The molecular weight excluding hydrogens is 184 g/mol. The highest BCUT2D eigenvalue weighted by molar-refractivity contribution is 4.92. The van der Waals surface area contributed by atoms with E-state index in [9.17, 15) is 0 Å². The molecule has 1 heterocycles. The Hall–Kier alpha value is -0.0800. The van der Waals surface area contributed by atoms with Crippen LogP contribution in [0.4, 0.5) is 0 Å². The van der Waals surface area contributed by atoms with E-state index >= 15 is 0 Å². The third-order valence-electron chi connectivity index (χ3n) is 3.86. The standard InChI is InChI=1S/C13H26N2/c1-10(2)8-11(3)15-7-6-14-13(9-15)12-4-5-12/h10-14H,4-9H2,1-3H3. The molecule has 2 rings (SSSR count). The summed E-state index contributed by atoms with van der Waals surface area (Å²) in [7, 11) is 0. The number of rotatable bonds is 4. The number of hydrogen-bond donors (Lipinski definition) is 1. The molecule has 88 valence electrons. The van der Waals surface area contributed by atoms with Crippen LogP contribution in [0.2, 0.25) is 0 Å². The van der Waals surface area contributed by atoms with E-state index in [4.69, 9.17) is 0 Å². The highest BCUT2D eigenvalue weighted by Crippen LogP contribution is 2.34. The maximum atomic E-state index is 3.68. The predicted molar refractivity (Wildman–Crippen MR) is 65.0 cm³/mol. The lowest BCUT2D eigenvalue weighted by Crippen LogP contribution is -2.54. The fourth-order valence-corrected chi connectivity index (χ4v) is 2.85. The van der Waals surface area contributed by atoms with Gasteiger partial charge in [0.25, 0.3) is 0 Å². The normalized spacial score (nSPS) is 30.8. The molecule has 1 saturated heterocycles. The van der Waals surface area contributed by atoms with Gasteiger partial charge in [0.1, 0.15) is 0 Å². The molecule has 2 fully saturated rings. The van der Waals surface area contributed by atoms with Gasteiger partial charge in [0.05, 0.1) is 0 Å². The fourth-order valence-electron chi connectivity index (χ4n) is 2.85. The summed E-state index contributed by atoms with van der Waals surface area (Å²) in [6.45, 7) is 10.8. The molecule has 0 aromatic rings. The lowest BCUT2D eigenvalue weighted by molar-refractivity contribution is 0.130. The summed E-state index contributed by atoms with van der Waals surface area (Å²) in [5.74, 6) is 1.83. The number of piperazine rings is 1. The monoisotopic (exact) mass is 210 g/mol. The smallest absolute Gasteiger partial charge is 0.0223 e. The van der Waals surface area contributed by atoms with Crippen LogP contribution in [-0.2, 0) is 0 Å². The molecular formula is C13H26N2. The molecule has 0 bridgehead atoms. The maximum Gasteiger partial charge on any atom is 0.0223 e. The highest BCUT2D eigenvalue weighted by atomic mass is 15.2. The van der Waals surface area contributed by atoms with Crippen molar-refractivity contribution in [1.82, 2.24) is 10.2 Å². The van der Waals surface area contributed by atoms with Crippen molar-refractivity contribution in [2.45, 2.75) is 52.1 Å². The molecule has 1 aliphatic carbocycles. The van der Waals surface area contributed by atoms with Gasteiger partial charge in [-0.3, -0.25) is 4.90 Å². The molecule has 2 unspecified atom stereocenters. The van der Waals surface area contributed by atoms with Gasteiger partial charge in [0.2, 0.25) is 0 Å². The minimum Gasteiger partial charge on any atom is -0.311 e. The van der Waals surface area contributed by atoms with Crippen LogP contribution in [0.5, 0.6) is 0 Å². The number of nitrogens with one attached hydrogen (secondary N) is 1. The van der Waals surface area contributed by atoms with E-state index in [2.05, 4.69) is 31.0 Å². The van der Waals surface area contributed by atoms with Crippen molar-refractivity contribution in [2.24, 2.45) is 11.8 Å². The van der Waals surface area contributed by atoms with Crippen LogP contribution in [0, 0.1) is 11.8 Å². The van der Waals surface area contributed by atoms with E-state index in [-0.39, 0.29) is 0 Å². The largest absolute Gasteiger partial charge is 0.311 e. The van der Waals surface area contributed by atoms with Gasteiger partial charge >= 0.3 is 0 Å². The molecule has 1 saturated carbocycles. The Balaban J connectivity index is 1.80. The summed E-state index contributed by atoms with van der Waals surface area (Å²) in [4.78, 5) is 2.69. The highest BCUT2D eigenvalue weighted by Gasteiger charge is 2.34. The second-order valence-corrected chi connectivity index (χ2v) is 5.87. The first-order chi connectivity index (χ1) is 7.16. The van der Waals surface area contributed by atoms with Crippen LogP contribution < -0.4 is 5.32 Å². The second-order valence-electron chi connectivity index (χ2n) is 5.87. The molecule has 0 aromatic heterocycles. The first kappa shape index (κ1) is 11.4. The van der Waals surface area contributed by atoms with E-state index in [0.717, 1.165) is 23.9 Å². The van der Waals surface area contributed by atoms with E-state index in [1.165, 1.54) is 38.9 Å². The summed E-state index contributed by atoms with van der Waals surface area (Å²) in [6, 6.07) is 1.57. The Labute approximate surface area is 94.4 Å². The molecule has 1 aliphatic heterocycles. The van der Waals surface area contributed by atoms with Crippen molar-refractivity contribution in [1.29, 1.82) is 0 Å². The van der Waals surface area contributed by atoms with Crippen molar-refractivity contribution >= 4 is 0 Å². The van der Waals surface area contributed by atoms with E-state index in [1.807, 2.05) is 0 Å². The molecule has 2 nitrogen and oxygen atoms in total. The second kappa shape index (κ2) is 4.84. The van der Waals surface area contributed by atoms with E-state index < -0.39 is 0 Å². The zero-order chi connectivity index (χ0) is 10.8. The zero-order valence-electron chi connectivity index (χ0n) is 10.5. The Morgan fingerprint density at radius 3 is 2.60 bits per heavy atom. The molecule has 1 N–H and O–H groups in total. The van der Waals surface area contributed by atoms with Gasteiger partial charge < -0.3 is 5.32 Å². The van der Waals surface area contributed by atoms with Crippen molar-refractivity contribution in [3.05, 3.63) is 0 Å². The van der Waals surface area contributed by atoms with Gasteiger partial charge in [-0.15, -0.1) is 0 Å². The molecule has 2 atom stereocenters. The minimum atomic E-state index is 0.772. The number of nitrogens with zero attached hydrogens (tertiary/aromatic N) is 1. The summed E-state index contributed by atoms with van der Waals surface area (Å²) in [6.07, 6.45) is 4.27. The topological polar surface area (TPSA) is 15.3 Å². The van der Waals surface area contributed by atoms with Crippen molar-refractivity contribution < 1.29 is 0 Å². The third-order valence-corrected chi connectivity index (χ3v) is 3.86. The average Bonchev–Trinajstić information content (AvgIpc) is 3.00. The van der Waals surface area contributed by atoms with Crippen molar-refractivity contribution in [3.63, 3.8) is 0 Å². The molecule has 0 aromatic carbocycles. The molecule has 2 heteroatoms. The van der Waals surface area contributed by atoms with Gasteiger partial charge in [-0.05, 0) is 38.0 Å². The van der Waals surface area contributed by atoms with Crippen LogP contribution in [-0.4, -0.2) is 36.6 Å². The van der Waals surface area contributed by atoms with E-state index in [0.29, 0.717) is 0 Å². The zero-order valence-corrected chi connectivity index (χ0v) is 10.5. The lowest BCUT2D eigenvalue weighted by atomic mass is 10.0. The SMILES string of the molecule is CC(C)CC(C)N1CCNC(C2CC2)C1. The van der Waals surface area contributed by atoms with Gasteiger partial charge in [0.15, 0.2) is 0 Å². The fraction of sp³-hybridized carbons (Fsp3) is 1.00. The van der Waals surface area contributed by atoms with Gasteiger partial charge in [-0.1, -0.05) is 13.8 Å². The lowest BCUT2D eigenvalue weighted by Gasteiger charge is -2.38. The van der Waals surface area contributed by atoms with Gasteiger partial charge in [-0.25, -0.2) is 0 Å². The first-order valence-corrected chi connectivity index (χ1v) is 6.64. The Bertz CT molecular complexity index is 199. The Kier molecular flexibility index (Phi) is 3.68. The Morgan fingerprint density at radius 2 is 2.00 bits per heavy atom. The quantitative estimate of drug-likeness (QED) is 0.764. The van der Waals surface area contributed by atoms with Crippen LogP contribution in [0.1, 0.15) is 40.0 Å². The minimum absolute atomic E-state index is 0.772. The summed E-state index contributed by atoms with van der Waals surface area (Å²) in [5.41, 5.74) is 0. The molecule has 2 aliphatic rings. The van der Waals surface area contributed by atoms with E-state index in [1.54, 1.807) is 0 Å². The molecule has 0 amide bonds. The first-order valence-electron chi connectivity index (χ1n) is 6.64. The summed E-state index contributed by atoms with van der Waals surface area (Å²) >= 11 is 0. The summed E-state index contributed by atoms with van der Waals surface area (Å²) < 4.78 is 0. The van der Waals surface area contributed by atoms with Crippen molar-refractivity contribution in [2.75, 3.05) is 19.6 Å². The maximum absolute atomic E-state index is 3.68.